The Bertz CT molecular complexity index is 629. The van der Waals surface area contributed by atoms with Gasteiger partial charge in [0.15, 0.2) is 5.16 Å². The minimum Gasteiger partial charge on any atom is -0.337 e. The molecule has 0 N–H and O–H groups in total. The summed E-state index contributed by atoms with van der Waals surface area (Å²) in [5.41, 5.74) is 1.06. The lowest BCUT2D eigenvalue weighted by molar-refractivity contribution is -0.134. The third kappa shape index (κ3) is 2.93. The van der Waals surface area contributed by atoms with E-state index in [-0.39, 0.29) is 5.91 Å². The number of nitrogens with zero attached hydrogens (tertiary/aromatic N) is 3. The molecule has 0 aliphatic carbocycles. The van der Waals surface area contributed by atoms with E-state index in [0.29, 0.717) is 17.8 Å². The zero-order chi connectivity index (χ0) is 14.8. The second kappa shape index (κ2) is 6.10. The molecular weight excluding hydrogens is 282 g/mol. The number of piperidine rings is 1. The van der Waals surface area contributed by atoms with E-state index >= 15 is 0 Å². The van der Waals surface area contributed by atoms with Crippen LogP contribution in [-0.4, -0.2) is 38.0 Å². The number of thioether (sulfide) groups is 1. The van der Waals surface area contributed by atoms with Crippen LogP contribution in [0.5, 0.6) is 0 Å². The van der Waals surface area contributed by atoms with Crippen LogP contribution in [0.15, 0.2) is 35.7 Å². The second-order valence-corrected chi connectivity index (χ2v) is 6.70. The number of pyridine rings is 1. The van der Waals surface area contributed by atoms with Gasteiger partial charge in [-0.05, 0) is 45.2 Å². The zero-order valence-corrected chi connectivity index (χ0v) is 13.3. The molecule has 2 unspecified atom stereocenters. The summed E-state index contributed by atoms with van der Waals surface area (Å²) >= 11 is 1.52. The molecular formula is C16H21N3OS. The highest BCUT2D eigenvalue weighted by Crippen LogP contribution is 2.25. The van der Waals surface area contributed by atoms with Crippen molar-refractivity contribution >= 4 is 23.2 Å². The number of amides is 1. The summed E-state index contributed by atoms with van der Waals surface area (Å²) in [5, 5.41) is 0.885. The molecule has 2 aromatic rings. The summed E-state index contributed by atoms with van der Waals surface area (Å²) in [6.07, 6.45) is 7.30. The molecule has 2 atom stereocenters. The first kappa shape index (κ1) is 14.4. The maximum atomic E-state index is 12.5. The summed E-state index contributed by atoms with van der Waals surface area (Å²) in [6, 6.07) is 6.72. The van der Waals surface area contributed by atoms with Crippen LogP contribution in [0, 0.1) is 0 Å². The molecule has 112 valence electrons. The average molecular weight is 303 g/mol. The molecule has 3 rings (SSSR count). The van der Waals surface area contributed by atoms with Gasteiger partial charge in [0.25, 0.3) is 0 Å². The number of rotatable bonds is 3. The van der Waals surface area contributed by atoms with Gasteiger partial charge >= 0.3 is 0 Å². The fraction of sp³-hybridized carbons (Fsp3) is 0.500. The van der Waals surface area contributed by atoms with Gasteiger partial charge in [-0.1, -0.05) is 17.8 Å². The summed E-state index contributed by atoms with van der Waals surface area (Å²) in [5.74, 6) is 0.690. The van der Waals surface area contributed by atoms with Gasteiger partial charge in [0.05, 0.1) is 17.5 Å². The Balaban J connectivity index is 1.68. The lowest BCUT2D eigenvalue weighted by Gasteiger charge is -2.39. The van der Waals surface area contributed by atoms with Crippen LogP contribution in [0.3, 0.4) is 0 Å². The molecule has 21 heavy (non-hydrogen) atoms. The molecule has 1 aliphatic heterocycles. The molecule has 0 aromatic carbocycles. The fourth-order valence-electron chi connectivity index (χ4n) is 3.14. The van der Waals surface area contributed by atoms with E-state index in [1.165, 1.54) is 18.2 Å². The van der Waals surface area contributed by atoms with Crippen LogP contribution in [0.4, 0.5) is 0 Å². The predicted octanol–water partition coefficient (Wildman–Crippen LogP) is 3.22. The zero-order valence-electron chi connectivity index (χ0n) is 12.5. The Morgan fingerprint density at radius 2 is 2.10 bits per heavy atom. The summed E-state index contributed by atoms with van der Waals surface area (Å²) in [7, 11) is 0. The highest BCUT2D eigenvalue weighted by molar-refractivity contribution is 7.99. The number of hydrogen-bond acceptors (Lipinski definition) is 3. The van der Waals surface area contributed by atoms with Crippen molar-refractivity contribution in [3.05, 3.63) is 30.6 Å². The number of carbonyl (C=O) groups excluding carboxylic acids is 1. The first-order valence-electron chi connectivity index (χ1n) is 7.53. The normalized spacial score (nSPS) is 22.7. The standard InChI is InChI=1S/C16H21N3OS/c1-12-6-5-7-13(2)19(12)15(20)11-21-16-17-10-14-8-3-4-9-18(14)16/h3-4,8-10,12-13H,5-7,11H2,1-2H3. The van der Waals surface area contributed by atoms with Crippen LogP contribution in [0.25, 0.3) is 5.52 Å². The number of likely N-dealkylation sites (tertiary alicyclic amines) is 1. The highest BCUT2D eigenvalue weighted by atomic mass is 32.2. The topological polar surface area (TPSA) is 37.6 Å². The SMILES string of the molecule is CC1CCCC(C)N1C(=O)CSc1ncc2ccccn12. The summed E-state index contributed by atoms with van der Waals surface area (Å²) in [6.45, 7) is 4.31. The van der Waals surface area contributed by atoms with E-state index in [2.05, 4.69) is 23.7 Å². The number of fused-ring (bicyclic) bond motifs is 1. The Morgan fingerprint density at radius 3 is 2.86 bits per heavy atom. The van der Waals surface area contributed by atoms with Gasteiger partial charge in [0.1, 0.15) is 0 Å². The first-order valence-corrected chi connectivity index (χ1v) is 8.51. The van der Waals surface area contributed by atoms with Crippen molar-refractivity contribution in [1.29, 1.82) is 0 Å². The maximum Gasteiger partial charge on any atom is 0.233 e. The Morgan fingerprint density at radius 1 is 1.33 bits per heavy atom. The third-order valence-corrected chi connectivity index (χ3v) is 5.16. The maximum absolute atomic E-state index is 12.5. The summed E-state index contributed by atoms with van der Waals surface area (Å²) in [4.78, 5) is 19.0. The molecule has 1 aliphatic rings. The molecule has 0 bridgehead atoms. The second-order valence-electron chi connectivity index (χ2n) is 5.75. The van der Waals surface area contributed by atoms with Gasteiger partial charge < -0.3 is 4.90 Å². The quantitative estimate of drug-likeness (QED) is 0.817. The molecule has 0 spiro atoms. The lowest BCUT2D eigenvalue weighted by Crippen LogP contribution is -2.48. The molecule has 4 nitrogen and oxygen atoms in total. The third-order valence-electron chi connectivity index (χ3n) is 4.21. The number of hydrogen-bond donors (Lipinski definition) is 0. The molecule has 1 fully saturated rings. The van der Waals surface area contributed by atoms with Crippen LogP contribution in [-0.2, 0) is 4.79 Å². The van der Waals surface area contributed by atoms with Crippen molar-refractivity contribution in [2.75, 3.05) is 5.75 Å². The number of carbonyl (C=O) groups is 1. The van der Waals surface area contributed by atoms with Gasteiger partial charge in [0.2, 0.25) is 5.91 Å². The monoisotopic (exact) mass is 303 g/mol. The molecule has 1 saturated heterocycles. The highest BCUT2D eigenvalue weighted by Gasteiger charge is 2.28. The smallest absolute Gasteiger partial charge is 0.233 e. The number of aromatic nitrogens is 2. The van der Waals surface area contributed by atoms with E-state index in [4.69, 9.17) is 0 Å². The largest absolute Gasteiger partial charge is 0.337 e. The molecule has 2 aromatic heterocycles. The Hall–Kier alpha value is -1.49. The predicted molar refractivity (Wildman–Crippen MR) is 85.5 cm³/mol. The first-order chi connectivity index (χ1) is 10.2. The molecule has 5 heteroatoms. The van der Waals surface area contributed by atoms with E-state index in [1.807, 2.05) is 35.0 Å². The number of imidazole rings is 1. The summed E-state index contributed by atoms with van der Waals surface area (Å²) < 4.78 is 2.03. The van der Waals surface area contributed by atoms with Crippen molar-refractivity contribution in [2.24, 2.45) is 0 Å². The van der Waals surface area contributed by atoms with Gasteiger partial charge in [0, 0.05) is 18.3 Å². The van der Waals surface area contributed by atoms with Gasteiger partial charge in [-0.15, -0.1) is 0 Å². The van der Waals surface area contributed by atoms with Crippen LogP contribution in [0.2, 0.25) is 0 Å². The minimum atomic E-state index is 0.229. The van der Waals surface area contributed by atoms with Crippen LogP contribution < -0.4 is 0 Å². The minimum absolute atomic E-state index is 0.229. The lowest BCUT2D eigenvalue weighted by atomic mass is 9.98. The van der Waals surface area contributed by atoms with Gasteiger partial charge in [-0.3, -0.25) is 9.20 Å². The van der Waals surface area contributed by atoms with E-state index in [1.54, 1.807) is 0 Å². The van der Waals surface area contributed by atoms with Crippen molar-refractivity contribution in [3.63, 3.8) is 0 Å². The van der Waals surface area contributed by atoms with Gasteiger partial charge in [-0.25, -0.2) is 4.98 Å². The van der Waals surface area contributed by atoms with E-state index in [9.17, 15) is 4.79 Å². The average Bonchev–Trinajstić information content (AvgIpc) is 2.88. The van der Waals surface area contributed by atoms with E-state index < -0.39 is 0 Å². The molecule has 0 saturated carbocycles. The van der Waals surface area contributed by atoms with Crippen LogP contribution in [0.1, 0.15) is 33.1 Å². The van der Waals surface area contributed by atoms with Crippen molar-refractivity contribution < 1.29 is 4.79 Å². The van der Waals surface area contributed by atoms with Crippen molar-refractivity contribution in [3.8, 4) is 0 Å². The van der Waals surface area contributed by atoms with Crippen LogP contribution >= 0.6 is 11.8 Å². The molecule has 3 heterocycles. The fourth-order valence-corrected chi connectivity index (χ4v) is 3.97. The van der Waals surface area contributed by atoms with Crippen molar-refractivity contribution in [1.82, 2.24) is 14.3 Å². The Labute approximate surface area is 129 Å². The van der Waals surface area contributed by atoms with E-state index in [0.717, 1.165) is 23.5 Å². The Kier molecular flexibility index (Phi) is 4.19. The van der Waals surface area contributed by atoms with Crippen molar-refractivity contribution in [2.45, 2.75) is 50.4 Å². The molecule has 1 amide bonds. The molecule has 0 radical (unpaired) electrons. The van der Waals surface area contributed by atoms with Gasteiger partial charge in [-0.2, -0.15) is 0 Å².